The Bertz CT molecular complexity index is 529. The predicted molar refractivity (Wildman–Crippen MR) is 74.1 cm³/mol. The second-order valence-corrected chi connectivity index (χ2v) is 5.32. The fraction of sp³-hybridized carbons (Fsp3) is 0.200. The SMILES string of the molecule is Cc1ccc(F)cc1C(O)c1cc(Br)ccc1C. The molecule has 2 aromatic carbocycles. The molecule has 0 aromatic heterocycles. The monoisotopic (exact) mass is 308 g/mol. The van der Waals surface area contributed by atoms with Crippen LogP contribution in [0.4, 0.5) is 4.39 Å². The number of aliphatic hydroxyl groups excluding tert-OH is 1. The summed E-state index contributed by atoms with van der Waals surface area (Å²) in [6, 6.07) is 10.2. The molecular formula is C15H14BrFO. The zero-order chi connectivity index (χ0) is 13.3. The molecule has 0 heterocycles. The average molecular weight is 309 g/mol. The zero-order valence-corrected chi connectivity index (χ0v) is 11.8. The van der Waals surface area contributed by atoms with Crippen LogP contribution in [0.1, 0.15) is 28.4 Å². The molecule has 2 rings (SSSR count). The van der Waals surface area contributed by atoms with E-state index in [-0.39, 0.29) is 5.82 Å². The van der Waals surface area contributed by atoms with Gasteiger partial charge in [-0.1, -0.05) is 28.1 Å². The molecule has 0 amide bonds. The molecule has 2 aromatic rings. The minimum Gasteiger partial charge on any atom is -0.384 e. The van der Waals surface area contributed by atoms with Gasteiger partial charge in [0.25, 0.3) is 0 Å². The molecule has 0 radical (unpaired) electrons. The van der Waals surface area contributed by atoms with E-state index in [1.165, 1.54) is 12.1 Å². The van der Waals surface area contributed by atoms with Crippen LogP contribution in [0.15, 0.2) is 40.9 Å². The van der Waals surface area contributed by atoms with Crippen molar-refractivity contribution in [3.05, 3.63) is 68.9 Å². The summed E-state index contributed by atoms with van der Waals surface area (Å²) in [4.78, 5) is 0. The van der Waals surface area contributed by atoms with E-state index in [4.69, 9.17) is 0 Å². The number of benzene rings is 2. The first-order chi connectivity index (χ1) is 8.49. The van der Waals surface area contributed by atoms with Crippen LogP contribution in [0.25, 0.3) is 0 Å². The molecule has 0 saturated carbocycles. The Morgan fingerprint density at radius 3 is 2.22 bits per heavy atom. The van der Waals surface area contributed by atoms with Gasteiger partial charge in [0.2, 0.25) is 0 Å². The Morgan fingerprint density at radius 1 is 1.00 bits per heavy atom. The molecular weight excluding hydrogens is 295 g/mol. The maximum atomic E-state index is 13.3. The quantitative estimate of drug-likeness (QED) is 0.877. The molecule has 0 spiro atoms. The highest BCUT2D eigenvalue weighted by molar-refractivity contribution is 9.10. The van der Waals surface area contributed by atoms with Crippen molar-refractivity contribution in [3.63, 3.8) is 0 Å². The molecule has 18 heavy (non-hydrogen) atoms. The minimum atomic E-state index is -0.807. The number of aliphatic hydroxyl groups is 1. The van der Waals surface area contributed by atoms with Gasteiger partial charge in [0, 0.05) is 4.47 Å². The summed E-state index contributed by atoms with van der Waals surface area (Å²) in [5, 5.41) is 10.4. The summed E-state index contributed by atoms with van der Waals surface area (Å²) in [6.07, 6.45) is -0.807. The van der Waals surface area contributed by atoms with E-state index in [1.807, 2.05) is 32.0 Å². The van der Waals surface area contributed by atoms with E-state index in [2.05, 4.69) is 15.9 Å². The van der Waals surface area contributed by atoms with Gasteiger partial charge in [-0.2, -0.15) is 0 Å². The second kappa shape index (κ2) is 5.21. The van der Waals surface area contributed by atoms with Gasteiger partial charge in [-0.05, 0) is 60.4 Å². The highest BCUT2D eigenvalue weighted by Gasteiger charge is 2.16. The van der Waals surface area contributed by atoms with Gasteiger partial charge in [-0.15, -0.1) is 0 Å². The van der Waals surface area contributed by atoms with Gasteiger partial charge in [0.1, 0.15) is 11.9 Å². The van der Waals surface area contributed by atoms with Crippen LogP contribution in [0.5, 0.6) is 0 Å². The topological polar surface area (TPSA) is 20.2 Å². The maximum absolute atomic E-state index is 13.3. The van der Waals surface area contributed by atoms with Crippen LogP contribution in [0, 0.1) is 19.7 Å². The van der Waals surface area contributed by atoms with E-state index >= 15 is 0 Å². The number of hydrogen-bond acceptors (Lipinski definition) is 1. The van der Waals surface area contributed by atoms with Gasteiger partial charge in [-0.3, -0.25) is 0 Å². The first-order valence-corrected chi connectivity index (χ1v) is 6.48. The average Bonchev–Trinajstić information content (AvgIpc) is 2.34. The zero-order valence-electron chi connectivity index (χ0n) is 10.2. The van der Waals surface area contributed by atoms with Crippen LogP contribution in [-0.2, 0) is 0 Å². The number of aryl methyl sites for hydroxylation is 2. The van der Waals surface area contributed by atoms with Crippen LogP contribution in [-0.4, -0.2) is 5.11 Å². The summed E-state index contributed by atoms with van der Waals surface area (Å²) in [6.45, 7) is 3.80. The molecule has 0 aliphatic rings. The van der Waals surface area contributed by atoms with Crippen molar-refractivity contribution in [1.82, 2.24) is 0 Å². The van der Waals surface area contributed by atoms with Crippen LogP contribution < -0.4 is 0 Å². The molecule has 3 heteroatoms. The number of hydrogen-bond donors (Lipinski definition) is 1. The smallest absolute Gasteiger partial charge is 0.123 e. The Morgan fingerprint density at radius 2 is 1.56 bits per heavy atom. The van der Waals surface area contributed by atoms with E-state index in [0.717, 1.165) is 21.2 Å². The third-order valence-electron chi connectivity index (χ3n) is 3.07. The lowest BCUT2D eigenvalue weighted by atomic mass is 9.94. The molecule has 94 valence electrons. The van der Waals surface area contributed by atoms with Crippen LogP contribution in [0.3, 0.4) is 0 Å². The first-order valence-electron chi connectivity index (χ1n) is 5.69. The van der Waals surface area contributed by atoms with Crippen LogP contribution >= 0.6 is 15.9 Å². The van der Waals surface area contributed by atoms with Gasteiger partial charge >= 0.3 is 0 Å². The van der Waals surface area contributed by atoms with Gasteiger partial charge in [0.05, 0.1) is 0 Å². The largest absolute Gasteiger partial charge is 0.384 e. The molecule has 1 atom stereocenters. The first kappa shape index (κ1) is 13.2. The summed E-state index contributed by atoms with van der Waals surface area (Å²) in [5.41, 5.74) is 3.26. The fourth-order valence-electron chi connectivity index (χ4n) is 1.98. The highest BCUT2D eigenvalue weighted by atomic mass is 79.9. The molecule has 0 saturated heterocycles. The summed E-state index contributed by atoms with van der Waals surface area (Å²) < 4.78 is 14.2. The third-order valence-corrected chi connectivity index (χ3v) is 3.56. The summed E-state index contributed by atoms with van der Waals surface area (Å²) in [7, 11) is 0. The Hall–Kier alpha value is -1.19. The third kappa shape index (κ3) is 2.62. The fourth-order valence-corrected chi connectivity index (χ4v) is 2.36. The molecule has 1 N–H and O–H groups in total. The Kier molecular flexibility index (Phi) is 3.83. The number of rotatable bonds is 2. The van der Waals surface area contributed by atoms with Gasteiger partial charge < -0.3 is 5.11 Å². The minimum absolute atomic E-state index is 0.331. The highest BCUT2D eigenvalue weighted by Crippen LogP contribution is 2.29. The van der Waals surface area contributed by atoms with E-state index < -0.39 is 6.10 Å². The molecule has 1 nitrogen and oxygen atoms in total. The second-order valence-electron chi connectivity index (χ2n) is 4.40. The van der Waals surface area contributed by atoms with Crippen molar-refractivity contribution in [2.75, 3.05) is 0 Å². The van der Waals surface area contributed by atoms with Gasteiger partial charge in [0.15, 0.2) is 0 Å². The number of halogens is 2. The van der Waals surface area contributed by atoms with E-state index in [9.17, 15) is 9.50 Å². The Labute approximate surface area is 114 Å². The molecule has 0 aliphatic carbocycles. The molecule has 1 unspecified atom stereocenters. The van der Waals surface area contributed by atoms with Crippen molar-refractivity contribution in [3.8, 4) is 0 Å². The maximum Gasteiger partial charge on any atom is 0.123 e. The van der Waals surface area contributed by atoms with E-state index in [1.54, 1.807) is 6.07 Å². The molecule has 0 bridgehead atoms. The van der Waals surface area contributed by atoms with Gasteiger partial charge in [-0.25, -0.2) is 4.39 Å². The predicted octanol–water partition coefficient (Wildman–Crippen LogP) is 4.29. The Balaban J connectivity index is 2.50. The molecule has 0 fully saturated rings. The normalized spacial score (nSPS) is 12.5. The standard InChI is InChI=1S/C15H14BrFO/c1-9-3-5-11(16)7-13(9)15(18)14-8-12(17)6-4-10(14)2/h3-8,15,18H,1-2H3. The van der Waals surface area contributed by atoms with Crippen molar-refractivity contribution < 1.29 is 9.50 Å². The lowest BCUT2D eigenvalue weighted by Gasteiger charge is -2.17. The summed E-state index contributed by atoms with van der Waals surface area (Å²) >= 11 is 3.38. The molecule has 0 aliphatic heterocycles. The van der Waals surface area contributed by atoms with E-state index in [0.29, 0.717) is 5.56 Å². The van der Waals surface area contributed by atoms with Crippen LogP contribution in [0.2, 0.25) is 0 Å². The van der Waals surface area contributed by atoms with Crippen molar-refractivity contribution in [2.24, 2.45) is 0 Å². The van der Waals surface area contributed by atoms with Crippen molar-refractivity contribution in [2.45, 2.75) is 20.0 Å². The summed E-state index contributed by atoms with van der Waals surface area (Å²) in [5.74, 6) is -0.331. The van der Waals surface area contributed by atoms with Crippen molar-refractivity contribution in [1.29, 1.82) is 0 Å². The lowest BCUT2D eigenvalue weighted by molar-refractivity contribution is 0.218. The van der Waals surface area contributed by atoms with Crippen molar-refractivity contribution >= 4 is 15.9 Å². The lowest BCUT2D eigenvalue weighted by Crippen LogP contribution is -2.04.